The Morgan fingerprint density at radius 2 is 1.94 bits per heavy atom. The monoisotopic (exact) mass is 263 g/mol. The van der Waals surface area contributed by atoms with Crippen molar-refractivity contribution in [1.82, 2.24) is 4.72 Å². The summed E-state index contributed by atoms with van der Waals surface area (Å²) in [6.07, 6.45) is -0.862. The average Bonchev–Trinajstić information content (AvgIpc) is 2.27. The summed E-state index contributed by atoms with van der Waals surface area (Å²) in [7, 11) is -3.27. The first-order valence-corrected chi connectivity index (χ1v) is 6.88. The minimum atomic E-state index is -3.27. The fraction of sp³-hybridized carbons (Fsp3) is 0.400. The summed E-state index contributed by atoms with van der Waals surface area (Å²) >= 11 is 5.70. The Bertz CT molecular complexity index is 430. The predicted molar refractivity (Wildman–Crippen MR) is 63.9 cm³/mol. The molecule has 0 aliphatic heterocycles. The number of sulfonamides is 1. The second-order valence-electron chi connectivity index (χ2n) is 3.32. The lowest BCUT2D eigenvalue weighted by Gasteiger charge is -2.11. The fourth-order valence-electron chi connectivity index (χ4n) is 1.11. The second-order valence-corrected chi connectivity index (χ2v) is 5.85. The van der Waals surface area contributed by atoms with Crippen LogP contribution < -0.4 is 4.72 Å². The molecule has 2 N–H and O–H groups in total. The van der Waals surface area contributed by atoms with Crippen LogP contribution in [-0.2, 0) is 10.0 Å². The molecule has 0 aromatic heterocycles. The highest BCUT2D eigenvalue weighted by Gasteiger charge is 2.12. The molecule has 0 spiro atoms. The normalized spacial score (nSPS) is 13.7. The molecular formula is C10H14ClNO3S. The first-order valence-electron chi connectivity index (χ1n) is 4.85. The number of nitrogens with one attached hydrogen (secondary N) is 1. The molecule has 0 fully saturated rings. The zero-order valence-corrected chi connectivity index (χ0v) is 10.4. The zero-order chi connectivity index (χ0) is 12.2. The number of benzene rings is 1. The van der Waals surface area contributed by atoms with Crippen molar-refractivity contribution in [3.63, 3.8) is 0 Å². The van der Waals surface area contributed by atoms with E-state index in [2.05, 4.69) is 4.72 Å². The quantitative estimate of drug-likeness (QED) is 0.842. The SMILES string of the molecule is CCS(=O)(=O)NCC(O)c1ccc(Cl)cc1. The van der Waals surface area contributed by atoms with E-state index < -0.39 is 16.1 Å². The molecule has 0 radical (unpaired) electrons. The van der Waals surface area contributed by atoms with E-state index in [9.17, 15) is 13.5 Å². The molecule has 0 amide bonds. The number of rotatable bonds is 5. The Morgan fingerprint density at radius 1 is 1.38 bits per heavy atom. The highest BCUT2D eigenvalue weighted by atomic mass is 35.5. The van der Waals surface area contributed by atoms with Crippen molar-refractivity contribution in [1.29, 1.82) is 0 Å². The summed E-state index contributed by atoms with van der Waals surface area (Å²) in [6, 6.07) is 6.61. The van der Waals surface area contributed by atoms with Gasteiger partial charge in [-0.2, -0.15) is 0 Å². The maximum Gasteiger partial charge on any atom is 0.211 e. The molecule has 0 heterocycles. The van der Waals surface area contributed by atoms with Gasteiger partial charge in [0.15, 0.2) is 0 Å². The molecule has 1 unspecified atom stereocenters. The van der Waals surface area contributed by atoms with E-state index >= 15 is 0 Å². The maximum absolute atomic E-state index is 11.1. The second kappa shape index (κ2) is 5.63. The van der Waals surface area contributed by atoms with Gasteiger partial charge in [-0.05, 0) is 24.6 Å². The fourth-order valence-corrected chi connectivity index (χ4v) is 1.85. The van der Waals surface area contributed by atoms with Crippen molar-refractivity contribution in [3.8, 4) is 0 Å². The smallest absolute Gasteiger partial charge is 0.211 e. The van der Waals surface area contributed by atoms with E-state index in [4.69, 9.17) is 11.6 Å². The summed E-state index contributed by atoms with van der Waals surface area (Å²) < 4.78 is 24.6. The molecule has 0 saturated carbocycles. The van der Waals surface area contributed by atoms with Crippen LogP contribution in [0.5, 0.6) is 0 Å². The van der Waals surface area contributed by atoms with Gasteiger partial charge >= 0.3 is 0 Å². The summed E-state index contributed by atoms with van der Waals surface area (Å²) in [6.45, 7) is 1.51. The van der Waals surface area contributed by atoms with Crippen LogP contribution in [0.25, 0.3) is 0 Å². The van der Waals surface area contributed by atoms with Gasteiger partial charge in [0.25, 0.3) is 0 Å². The highest BCUT2D eigenvalue weighted by molar-refractivity contribution is 7.89. The van der Waals surface area contributed by atoms with Gasteiger partial charge in [0.2, 0.25) is 10.0 Å². The molecule has 90 valence electrons. The molecule has 0 saturated heterocycles. The maximum atomic E-state index is 11.1. The molecular weight excluding hydrogens is 250 g/mol. The van der Waals surface area contributed by atoms with Crippen molar-refractivity contribution >= 4 is 21.6 Å². The average molecular weight is 264 g/mol. The number of halogens is 1. The van der Waals surface area contributed by atoms with Crippen LogP contribution in [0.3, 0.4) is 0 Å². The molecule has 0 aliphatic rings. The van der Waals surface area contributed by atoms with Gasteiger partial charge in [0, 0.05) is 11.6 Å². The summed E-state index contributed by atoms with van der Waals surface area (Å²) in [5.41, 5.74) is 0.628. The lowest BCUT2D eigenvalue weighted by atomic mass is 10.1. The third-order valence-electron chi connectivity index (χ3n) is 2.13. The molecule has 16 heavy (non-hydrogen) atoms. The number of aliphatic hydroxyl groups excluding tert-OH is 1. The molecule has 6 heteroatoms. The molecule has 0 aliphatic carbocycles. The van der Waals surface area contributed by atoms with Gasteiger partial charge in [0.05, 0.1) is 11.9 Å². The first kappa shape index (κ1) is 13.4. The largest absolute Gasteiger partial charge is 0.387 e. The Morgan fingerprint density at radius 3 is 2.44 bits per heavy atom. The molecule has 0 bridgehead atoms. The third-order valence-corrected chi connectivity index (χ3v) is 3.75. The van der Waals surface area contributed by atoms with E-state index in [0.29, 0.717) is 10.6 Å². The van der Waals surface area contributed by atoms with E-state index in [-0.39, 0.29) is 12.3 Å². The van der Waals surface area contributed by atoms with Crippen molar-refractivity contribution in [2.45, 2.75) is 13.0 Å². The van der Waals surface area contributed by atoms with Crippen molar-refractivity contribution in [3.05, 3.63) is 34.9 Å². The number of hydrogen-bond donors (Lipinski definition) is 2. The van der Waals surface area contributed by atoms with Gasteiger partial charge in [-0.3, -0.25) is 0 Å². The summed E-state index contributed by atoms with van der Waals surface area (Å²) in [5, 5.41) is 10.3. The molecule has 1 aromatic rings. The van der Waals surface area contributed by atoms with E-state index in [1.54, 1.807) is 24.3 Å². The van der Waals surface area contributed by atoms with Crippen LogP contribution in [0.1, 0.15) is 18.6 Å². The van der Waals surface area contributed by atoms with Crippen LogP contribution in [0, 0.1) is 0 Å². The Hall–Kier alpha value is -0.620. The van der Waals surface area contributed by atoms with Crippen LogP contribution in [0.2, 0.25) is 5.02 Å². The minimum Gasteiger partial charge on any atom is -0.387 e. The molecule has 1 atom stereocenters. The Labute approximate surface area is 100 Å². The standard InChI is InChI=1S/C10H14ClNO3S/c1-2-16(14,15)12-7-10(13)8-3-5-9(11)6-4-8/h3-6,10,12-13H,2,7H2,1H3. The Balaban J connectivity index is 2.59. The van der Waals surface area contributed by atoms with E-state index in [1.807, 2.05) is 0 Å². The first-order chi connectivity index (χ1) is 7.44. The van der Waals surface area contributed by atoms with Gasteiger partial charge in [-0.25, -0.2) is 13.1 Å². The topological polar surface area (TPSA) is 66.4 Å². The Kier molecular flexibility index (Phi) is 4.73. The molecule has 1 rings (SSSR count). The van der Waals surface area contributed by atoms with Crippen LogP contribution in [0.15, 0.2) is 24.3 Å². The minimum absolute atomic E-state index is 0.000335. The number of hydrogen-bond acceptors (Lipinski definition) is 3. The van der Waals surface area contributed by atoms with Crippen molar-refractivity contribution in [2.24, 2.45) is 0 Å². The van der Waals surface area contributed by atoms with E-state index in [0.717, 1.165) is 0 Å². The van der Waals surface area contributed by atoms with Crippen LogP contribution >= 0.6 is 11.6 Å². The highest BCUT2D eigenvalue weighted by Crippen LogP contribution is 2.15. The third kappa shape index (κ3) is 4.09. The van der Waals surface area contributed by atoms with Crippen LogP contribution in [-0.4, -0.2) is 25.8 Å². The lowest BCUT2D eigenvalue weighted by molar-refractivity contribution is 0.182. The lowest BCUT2D eigenvalue weighted by Crippen LogP contribution is -2.29. The predicted octanol–water partition coefficient (Wildman–Crippen LogP) is 1.31. The zero-order valence-electron chi connectivity index (χ0n) is 8.85. The van der Waals surface area contributed by atoms with Crippen LogP contribution in [0.4, 0.5) is 0 Å². The molecule has 1 aromatic carbocycles. The van der Waals surface area contributed by atoms with Gasteiger partial charge in [-0.1, -0.05) is 23.7 Å². The summed E-state index contributed by atoms with van der Waals surface area (Å²) in [5.74, 6) is 0.000335. The van der Waals surface area contributed by atoms with Crippen molar-refractivity contribution < 1.29 is 13.5 Å². The van der Waals surface area contributed by atoms with Crippen molar-refractivity contribution in [2.75, 3.05) is 12.3 Å². The summed E-state index contributed by atoms with van der Waals surface area (Å²) in [4.78, 5) is 0. The van der Waals surface area contributed by atoms with Gasteiger partial charge < -0.3 is 5.11 Å². The number of aliphatic hydroxyl groups is 1. The van der Waals surface area contributed by atoms with E-state index in [1.165, 1.54) is 6.92 Å². The molecule has 4 nitrogen and oxygen atoms in total. The van der Waals surface area contributed by atoms with Gasteiger partial charge in [-0.15, -0.1) is 0 Å². The van der Waals surface area contributed by atoms with Gasteiger partial charge in [0.1, 0.15) is 0 Å².